The fraction of sp³-hybridized carbons (Fsp3) is 0.375. The predicted molar refractivity (Wildman–Crippen MR) is 88.0 cm³/mol. The monoisotopic (exact) mass is 303 g/mol. The zero-order valence-corrected chi connectivity index (χ0v) is 13.5. The van der Waals surface area contributed by atoms with Crippen LogP contribution in [0, 0.1) is 13.8 Å². The molecule has 1 aromatic carbocycles. The Balaban J connectivity index is 2.07. The first-order valence-corrected chi connectivity index (χ1v) is 7.96. The van der Waals surface area contributed by atoms with E-state index in [1.54, 1.807) is 11.3 Å². The number of benzene rings is 1. The summed E-state index contributed by atoms with van der Waals surface area (Å²) >= 11 is 1.60. The number of nitrogens with zero attached hydrogens (tertiary/aromatic N) is 1. The average molecular weight is 303 g/mol. The minimum Gasteiger partial charge on any atom is -0.384 e. The van der Waals surface area contributed by atoms with Crippen LogP contribution in [0.2, 0.25) is 0 Å². The van der Waals surface area contributed by atoms with Crippen LogP contribution in [0.1, 0.15) is 39.2 Å². The maximum Gasteiger partial charge on any atom is 0.253 e. The minimum atomic E-state index is -0.0681. The number of carbonyl (C=O) groups excluding carboxylic acids is 1. The number of thiazole rings is 1. The summed E-state index contributed by atoms with van der Waals surface area (Å²) in [7, 11) is 0. The third-order valence-electron chi connectivity index (χ3n) is 3.05. The average Bonchev–Trinajstić information content (AvgIpc) is 2.88. The number of nitrogens with one attached hydrogen (secondary N) is 2. The maximum absolute atomic E-state index is 12.3. The molecule has 0 atom stereocenters. The Kier molecular flexibility index (Phi) is 5.33. The molecule has 5 heteroatoms. The van der Waals surface area contributed by atoms with Gasteiger partial charge in [0.2, 0.25) is 0 Å². The van der Waals surface area contributed by atoms with E-state index in [-0.39, 0.29) is 5.91 Å². The van der Waals surface area contributed by atoms with Crippen LogP contribution in [-0.4, -0.2) is 17.4 Å². The second-order valence-corrected chi connectivity index (χ2v) is 6.34. The van der Waals surface area contributed by atoms with Crippen molar-refractivity contribution in [2.45, 2.75) is 33.7 Å². The Morgan fingerprint density at radius 2 is 2.14 bits per heavy atom. The van der Waals surface area contributed by atoms with Gasteiger partial charge in [-0.3, -0.25) is 4.79 Å². The Morgan fingerprint density at radius 1 is 1.33 bits per heavy atom. The Hall–Kier alpha value is -1.88. The van der Waals surface area contributed by atoms with Crippen LogP contribution in [0.25, 0.3) is 0 Å². The van der Waals surface area contributed by atoms with Gasteiger partial charge < -0.3 is 10.6 Å². The van der Waals surface area contributed by atoms with Crippen molar-refractivity contribution in [1.29, 1.82) is 0 Å². The van der Waals surface area contributed by atoms with Gasteiger partial charge in [0.25, 0.3) is 5.91 Å². The van der Waals surface area contributed by atoms with E-state index in [1.165, 1.54) is 0 Å². The molecule has 112 valence electrons. The summed E-state index contributed by atoms with van der Waals surface area (Å²) < 4.78 is 0. The molecule has 0 unspecified atom stereocenters. The molecule has 0 spiro atoms. The lowest BCUT2D eigenvalue weighted by Crippen LogP contribution is -2.24. The van der Waals surface area contributed by atoms with Crippen molar-refractivity contribution in [3.05, 3.63) is 45.4 Å². The van der Waals surface area contributed by atoms with E-state index in [4.69, 9.17) is 0 Å². The maximum atomic E-state index is 12.3. The highest BCUT2D eigenvalue weighted by Gasteiger charge is 2.11. The Morgan fingerprint density at radius 3 is 2.81 bits per heavy atom. The van der Waals surface area contributed by atoms with Crippen LogP contribution >= 0.6 is 11.3 Å². The van der Waals surface area contributed by atoms with E-state index in [0.717, 1.165) is 34.1 Å². The highest BCUT2D eigenvalue weighted by molar-refractivity contribution is 7.11. The molecule has 0 bridgehead atoms. The number of hydrogen-bond donors (Lipinski definition) is 2. The van der Waals surface area contributed by atoms with Crippen molar-refractivity contribution in [2.75, 3.05) is 11.9 Å². The smallest absolute Gasteiger partial charge is 0.253 e. The lowest BCUT2D eigenvalue weighted by atomic mass is 10.1. The van der Waals surface area contributed by atoms with Crippen LogP contribution in [0.4, 0.5) is 5.69 Å². The standard InChI is InChI=1S/C16H21N3OS/c1-4-7-17-14-8-11(2)5-6-13(14)16(20)19-10-15-18-9-12(3)21-15/h5-6,8-9,17H,4,7,10H2,1-3H3,(H,19,20). The summed E-state index contributed by atoms with van der Waals surface area (Å²) in [5, 5.41) is 7.17. The quantitative estimate of drug-likeness (QED) is 0.858. The summed E-state index contributed by atoms with van der Waals surface area (Å²) in [4.78, 5) is 17.8. The number of carbonyl (C=O) groups is 1. The Bertz CT molecular complexity index is 622. The molecule has 2 N–H and O–H groups in total. The van der Waals surface area contributed by atoms with Gasteiger partial charge in [-0.2, -0.15) is 0 Å². The second-order valence-electron chi connectivity index (χ2n) is 5.02. The highest BCUT2D eigenvalue weighted by atomic mass is 32.1. The number of hydrogen-bond acceptors (Lipinski definition) is 4. The third kappa shape index (κ3) is 4.29. The number of aryl methyl sites for hydroxylation is 2. The number of aromatic nitrogens is 1. The van der Waals surface area contributed by atoms with Gasteiger partial charge in [-0.15, -0.1) is 11.3 Å². The van der Waals surface area contributed by atoms with E-state index in [1.807, 2.05) is 38.2 Å². The highest BCUT2D eigenvalue weighted by Crippen LogP contribution is 2.18. The summed E-state index contributed by atoms with van der Waals surface area (Å²) in [5.41, 5.74) is 2.72. The van der Waals surface area contributed by atoms with Crippen molar-refractivity contribution in [3.8, 4) is 0 Å². The van der Waals surface area contributed by atoms with Gasteiger partial charge in [0.05, 0.1) is 12.1 Å². The van der Waals surface area contributed by atoms with Crippen molar-refractivity contribution in [3.63, 3.8) is 0 Å². The molecule has 0 radical (unpaired) electrons. The predicted octanol–water partition coefficient (Wildman–Crippen LogP) is 3.51. The number of anilines is 1. The van der Waals surface area contributed by atoms with Crippen molar-refractivity contribution < 1.29 is 4.79 Å². The summed E-state index contributed by atoms with van der Waals surface area (Å²) in [6.07, 6.45) is 2.85. The number of rotatable bonds is 6. The first-order valence-electron chi connectivity index (χ1n) is 7.14. The molecule has 1 heterocycles. The minimum absolute atomic E-state index is 0.0681. The van der Waals surface area contributed by atoms with E-state index < -0.39 is 0 Å². The fourth-order valence-electron chi connectivity index (χ4n) is 2.00. The van der Waals surface area contributed by atoms with Crippen LogP contribution in [0.5, 0.6) is 0 Å². The van der Waals surface area contributed by atoms with E-state index >= 15 is 0 Å². The van der Waals surface area contributed by atoms with Gasteiger partial charge in [-0.25, -0.2) is 4.98 Å². The summed E-state index contributed by atoms with van der Waals surface area (Å²) in [5.74, 6) is -0.0681. The number of amides is 1. The van der Waals surface area contributed by atoms with E-state index in [2.05, 4.69) is 22.5 Å². The van der Waals surface area contributed by atoms with Crippen LogP contribution in [0.15, 0.2) is 24.4 Å². The van der Waals surface area contributed by atoms with Crippen LogP contribution < -0.4 is 10.6 Å². The molecule has 1 amide bonds. The van der Waals surface area contributed by atoms with Gasteiger partial charge in [-0.05, 0) is 38.0 Å². The molecule has 0 saturated carbocycles. The van der Waals surface area contributed by atoms with E-state index in [9.17, 15) is 4.79 Å². The summed E-state index contributed by atoms with van der Waals surface area (Å²) in [6.45, 7) is 7.47. The molecule has 2 rings (SSSR count). The first-order chi connectivity index (χ1) is 10.1. The molecule has 21 heavy (non-hydrogen) atoms. The lowest BCUT2D eigenvalue weighted by Gasteiger charge is -2.12. The van der Waals surface area contributed by atoms with Crippen molar-refractivity contribution in [1.82, 2.24) is 10.3 Å². The lowest BCUT2D eigenvalue weighted by molar-refractivity contribution is 0.0951. The van der Waals surface area contributed by atoms with Gasteiger partial charge in [0.1, 0.15) is 5.01 Å². The van der Waals surface area contributed by atoms with Gasteiger partial charge >= 0.3 is 0 Å². The van der Waals surface area contributed by atoms with Crippen LogP contribution in [-0.2, 0) is 6.54 Å². The topological polar surface area (TPSA) is 54.0 Å². The molecule has 0 aliphatic carbocycles. The van der Waals surface area contributed by atoms with Gasteiger partial charge in [0.15, 0.2) is 0 Å². The zero-order chi connectivity index (χ0) is 15.2. The van der Waals surface area contributed by atoms with Crippen LogP contribution in [0.3, 0.4) is 0 Å². The first kappa shape index (κ1) is 15.5. The molecular formula is C16H21N3OS. The fourth-order valence-corrected chi connectivity index (χ4v) is 2.72. The SMILES string of the molecule is CCCNc1cc(C)ccc1C(=O)NCc1ncc(C)s1. The molecule has 4 nitrogen and oxygen atoms in total. The van der Waals surface area contributed by atoms with Gasteiger partial charge in [0, 0.05) is 23.3 Å². The normalized spacial score (nSPS) is 10.4. The summed E-state index contributed by atoms with van der Waals surface area (Å²) in [6, 6.07) is 5.84. The van der Waals surface area contributed by atoms with Crippen molar-refractivity contribution >= 4 is 22.9 Å². The molecular weight excluding hydrogens is 282 g/mol. The third-order valence-corrected chi connectivity index (χ3v) is 3.97. The van der Waals surface area contributed by atoms with Gasteiger partial charge in [-0.1, -0.05) is 13.0 Å². The van der Waals surface area contributed by atoms with E-state index in [0.29, 0.717) is 12.1 Å². The molecule has 2 aromatic rings. The molecule has 0 aliphatic rings. The molecule has 0 aliphatic heterocycles. The molecule has 0 saturated heterocycles. The zero-order valence-electron chi connectivity index (χ0n) is 12.7. The molecule has 1 aromatic heterocycles. The Labute approximate surface area is 129 Å². The largest absolute Gasteiger partial charge is 0.384 e. The van der Waals surface area contributed by atoms with Crippen molar-refractivity contribution in [2.24, 2.45) is 0 Å². The molecule has 0 fully saturated rings. The second kappa shape index (κ2) is 7.22.